The third-order valence-corrected chi connectivity index (χ3v) is 3.06. The van der Waals surface area contributed by atoms with Gasteiger partial charge < -0.3 is 26.4 Å². The Bertz CT molecular complexity index is 415. The standard InChI is InChI=1S/C15H28N4O5/c1-2-12(20)5-9-24-10-6-13(21)19-11-14(22)17-7-3-4-8-18-15(16)23/h2-11H2,1H3,(H,17,22)(H,19,21)(H3,16,18,23). The van der Waals surface area contributed by atoms with E-state index in [1.54, 1.807) is 6.92 Å². The Balaban J connectivity index is 3.46. The summed E-state index contributed by atoms with van der Waals surface area (Å²) in [6.07, 6.45) is 2.39. The average molecular weight is 344 g/mol. The van der Waals surface area contributed by atoms with Gasteiger partial charge in [0.25, 0.3) is 0 Å². The fourth-order valence-corrected chi connectivity index (χ4v) is 1.65. The van der Waals surface area contributed by atoms with Crippen LogP contribution in [0.25, 0.3) is 0 Å². The minimum Gasteiger partial charge on any atom is -0.380 e. The van der Waals surface area contributed by atoms with Crippen molar-refractivity contribution in [2.45, 2.75) is 39.0 Å². The van der Waals surface area contributed by atoms with Crippen LogP contribution < -0.4 is 21.7 Å². The van der Waals surface area contributed by atoms with Crippen LogP contribution in [0.15, 0.2) is 0 Å². The molecule has 0 aliphatic heterocycles. The summed E-state index contributed by atoms with van der Waals surface area (Å²) >= 11 is 0. The van der Waals surface area contributed by atoms with Crippen LogP contribution in [0.4, 0.5) is 4.79 Å². The summed E-state index contributed by atoms with van der Waals surface area (Å²) < 4.78 is 5.18. The highest BCUT2D eigenvalue weighted by atomic mass is 16.5. The molecule has 0 aliphatic carbocycles. The predicted octanol–water partition coefficient (Wildman–Crippen LogP) is -0.557. The number of ether oxygens (including phenoxy) is 1. The summed E-state index contributed by atoms with van der Waals surface area (Å²) in [5.41, 5.74) is 4.91. The van der Waals surface area contributed by atoms with Gasteiger partial charge in [-0.15, -0.1) is 0 Å². The number of ketones is 1. The molecule has 0 aromatic rings. The fourth-order valence-electron chi connectivity index (χ4n) is 1.65. The smallest absolute Gasteiger partial charge is 0.312 e. The van der Waals surface area contributed by atoms with E-state index in [1.165, 1.54) is 0 Å². The van der Waals surface area contributed by atoms with E-state index in [0.717, 1.165) is 0 Å². The largest absolute Gasteiger partial charge is 0.380 e. The van der Waals surface area contributed by atoms with Gasteiger partial charge in [0.1, 0.15) is 5.78 Å². The van der Waals surface area contributed by atoms with Crippen molar-refractivity contribution in [1.29, 1.82) is 0 Å². The van der Waals surface area contributed by atoms with Crippen LogP contribution in [-0.4, -0.2) is 56.5 Å². The Morgan fingerprint density at radius 3 is 2.12 bits per heavy atom. The van der Waals surface area contributed by atoms with Gasteiger partial charge in [-0.3, -0.25) is 14.4 Å². The lowest BCUT2D eigenvalue weighted by Gasteiger charge is -2.07. The molecular formula is C15H28N4O5. The number of hydrogen-bond acceptors (Lipinski definition) is 5. The highest BCUT2D eigenvalue weighted by Gasteiger charge is 2.05. The van der Waals surface area contributed by atoms with E-state index in [2.05, 4.69) is 16.0 Å². The maximum atomic E-state index is 11.5. The number of nitrogens with one attached hydrogen (secondary N) is 3. The normalized spacial score (nSPS) is 10.0. The molecule has 0 unspecified atom stereocenters. The monoisotopic (exact) mass is 344 g/mol. The number of hydrogen-bond donors (Lipinski definition) is 4. The third-order valence-electron chi connectivity index (χ3n) is 3.06. The molecule has 4 amide bonds. The molecule has 0 fully saturated rings. The van der Waals surface area contributed by atoms with Gasteiger partial charge in [0, 0.05) is 32.4 Å². The second-order valence-electron chi connectivity index (χ2n) is 5.13. The van der Waals surface area contributed by atoms with Crippen molar-refractivity contribution in [3.63, 3.8) is 0 Å². The van der Waals surface area contributed by atoms with E-state index in [1.807, 2.05) is 0 Å². The Labute approximate surface area is 142 Å². The first-order valence-corrected chi connectivity index (χ1v) is 8.11. The van der Waals surface area contributed by atoms with Gasteiger partial charge in [-0.05, 0) is 12.8 Å². The van der Waals surface area contributed by atoms with Crippen LogP contribution >= 0.6 is 0 Å². The molecule has 138 valence electrons. The van der Waals surface area contributed by atoms with Gasteiger partial charge in [0.2, 0.25) is 11.8 Å². The van der Waals surface area contributed by atoms with E-state index in [4.69, 9.17) is 10.5 Å². The second kappa shape index (κ2) is 14.4. The Morgan fingerprint density at radius 1 is 0.875 bits per heavy atom. The highest BCUT2D eigenvalue weighted by molar-refractivity contribution is 5.84. The number of unbranched alkanes of at least 4 members (excludes halogenated alkanes) is 1. The lowest BCUT2D eigenvalue weighted by molar-refractivity contribution is -0.126. The summed E-state index contributed by atoms with van der Waals surface area (Å²) in [7, 11) is 0. The molecule has 0 saturated carbocycles. The average Bonchev–Trinajstić information content (AvgIpc) is 2.55. The first-order chi connectivity index (χ1) is 11.5. The zero-order chi connectivity index (χ0) is 18.2. The van der Waals surface area contributed by atoms with Crippen LogP contribution in [0.1, 0.15) is 39.0 Å². The molecule has 0 aromatic heterocycles. The zero-order valence-corrected chi connectivity index (χ0v) is 14.2. The van der Waals surface area contributed by atoms with E-state index >= 15 is 0 Å². The number of carbonyl (C=O) groups excluding carboxylic acids is 4. The first kappa shape index (κ1) is 21.8. The molecule has 0 heterocycles. The third kappa shape index (κ3) is 14.8. The second-order valence-corrected chi connectivity index (χ2v) is 5.13. The highest BCUT2D eigenvalue weighted by Crippen LogP contribution is 1.91. The number of Topliss-reactive ketones (excluding diaryl/α,β-unsaturated/α-hetero) is 1. The lowest BCUT2D eigenvalue weighted by Crippen LogP contribution is -2.37. The van der Waals surface area contributed by atoms with Gasteiger partial charge >= 0.3 is 6.03 Å². The Kier molecular flexibility index (Phi) is 13.1. The maximum Gasteiger partial charge on any atom is 0.312 e. The molecule has 0 aromatic carbocycles. The van der Waals surface area contributed by atoms with Crippen LogP contribution in [0.3, 0.4) is 0 Å². The van der Waals surface area contributed by atoms with E-state index in [0.29, 0.717) is 45.4 Å². The first-order valence-electron chi connectivity index (χ1n) is 8.11. The molecule has 24 heavy (non-hydrogen) atoms. The Morgan fingerprint density at radius 2 is 1.50 bits per heavy atom. The maximum absolute atomic E-state index is 11.5. The van der Waals surface area contributed by atoms with Gasteiger partial charge in [-0.2, -0.15) is 0 Å². The summed E-state index contributed by atoms with van der Waals surface area (Å²) in [5, 5.41) is 7.59. The molecule has 0 saturated heterocycles. The predicted molar refractivity (Wildman–Crippen MR) is 88.2 cm³/mol. The summed E-state index contributed by atoms with van der Waals surface area (Å²) in [6.45, 7) is 3.16. The molecule has 0 rings (SSSR count). The zero-order valence-electron chi connectivity index (χ0n) is 14.2. The Hall–Kier alpha value is -2.16. The summed E-state index contributed by atoms with van der Waals surface area (Å²) in [5.74, 6) is -0.431. The van der Waals surface area contributed by atoms with Gasteiger partial charge in [0.05, 0.1) is 19.8 Å². The van der Waals surface area contributed by atoms with Crippen LogP contribution in [0.5, 0.6) is 0 Å². The quantitative estimate of drug-likeness (QED) is 0.313. The van der Waals surface area contributed by atoms with Crippen LogP contribution in [-0.2, 0) is 19.1 Å². The molecule has 9 heteroatoms. The van der Waals surface area contributed by atoms with Gasteiger partial charge in [-0.1, -0.05) is 6.92 Å². The molecule has 9 nitrogen and oxygen atoms in total. The fraction of sp³-hybridized carbons (Fsp3) is 0.733. The summed E-state index contributed by atoms with van der Waals surface area (Å²) in [6, 6.07) is -0.567. The number of primary amides is 1. The summed E-state index contributed by atoms with van der Waals surface area (Å²) in [4.78, 5) is 44.4. The van der Waals surface area contributed by atoms with Crippen molar-refractivity contribution < 1.29 is 23.9 Å². The number of rotatable bonds is 14. The van der Waals surface area contributed by atoms with E-state index in [9.17, 15) is 19.2 Å². The van der Waals surface area contributed by atoms with Crippen molar-refractivity contribution in [3.05, 3.63) is 0 Å². The van der Waals surface area contributed by atoms with Crippen molar-refractivity contribution in [2.24, 2.45) is 5.73 Å². The molecule has 5 N–H and O–H groups in total. The van der Waals surface area contributed by atoms with Crippen molar-refractivity contribution in [2.75, 3.05) is 32.8 Å². The minimum atomic E-state index is -0.567. The van der Waals surface area contributed by atoms with E-state index < -0.39 is 6.03 Å². The van der Waals surface area contributed by atoms with Crippen LogP contribution in [0.2, 0.25) is 0 Å². The molecule has 0 bridgehead atoms. The molecule has 0 atom stereocenters. The van der Waals surface area contributed by atoms with Crippen molar-refractivity contribution >= 4 is 23.6 Å². The number of carbonyl (C=O) groups is 4. The van der Waals surface area contributed by atoms with E-state index in [-0.39, 0.29) is 37.2 Å². The molecule has 0 aliphatic rings. The molecule has 0 spiro atoms. The number of amides is 4. The topological polar surface area (TPSA) is 140 Å². The number of nitrogens with two attached hydrogens (primary N) is 1. The lowest BCUT2D eigenvalue weighted by atomic mass is 10.2. The SMILES string of the molecule is CCC(=O)CCOCCC(=O)NCC(=O)NCCCCNC(N)=O. The number of urea groups is 1. The van der Waals surface area contributed by atoms with Crippen LogP contribution in [0, 0.1) is 0 Å². The minimum absolute atomic E-state index is 0.0906. The van der Waals surface area contributed by atoms with Crippen molar-refractivity contribution in [1.82, 2.24) is 16.0 Å². The van der Waals surface area contributed by atoms with Crippen molar-refractivity contribution in [3.8, 4) is 0 Å². The van der Waals surface area contributed by atoms with Gasteiger partial charge in [-0.25, -0.2) is 4.79 Å². The van der Waals surface area contributed by atoms with Gasteiger partial charge in [0.15, 0.2) is 0 Å². The molecular weight excluding hydrogens is 316 g/mol. The molecule has 0 radical (unpaired) electrons.